The zero-order valence-electron chi connectivity index (χ0n) is 18.0. The minimum Gasteiger partial charge on any atom is -0.480 e. The number of carboxylic acids is 1. The van der Waals surface area contributed by atoms with Crippen LogP contribution >= 0.6 is 0 Å². The van der Waals surface area contributed by atoms with Gasteiger partial charge in [0.2, 0.25) is 23.6 Å². The molecule has 6 unspecified atom stereocenters. The van der Waals surface area contributed by atoms with Crippen LogP contribution in [0, 0.1) is 5.92 Å². The molecule has 178 valence electrons. The zero-order chi connectivity index (χ0) is 24.5. The first kappa shape index (κ1) is 28.2. The molecule has 0 fully saturated rings. The largest absolute Gasteiger partial charge is 0.480 e. The lowest BCUT2D eigenvalue weighted by Gasteiger charge is -2.27. The van der Waals surface area contributed by atoms with Crippen LogP contribution in [0.5, 0.6) is 0 Å². The van der Waals surface area contributed by atoms with Crippen LogP contribution in [0.25, 0.3) is 0 Å². The van der Waals surface area contributed by atoms with Crippen LogP contribution in [0.3, 0.4) is 0 Å². The summed E-state index contributed by atoms with van der Waals surface area (Å²) >= 11 is 0. The molecule has 0 saturated heterocycles. The zero-order valence-corrected chi connectivity index (χ0v) is 18.0. The minimum atomic E-state index is -1.68. The number of carbonyl (C=O) groups excluding carboxylic acids is 4. The fraction of sp³-hybridized carbons (Fsp3) is 0.722. The van der Waals surface area contributed by atoms with E-state index < -0.39 is 66.0 Å². The van der Waals surface area contributed by atoms with Gasteiger partial charge in [0.1, 0.15) is 12.1 Å². The second kappa shape index (κ2) is 12.8. The molecular formula is C18H33N5O8. The first-order chi connectivity index (χ1) is 14.2. The van der Waals surface area contributed by atoms with Gasteiger partial charge in [-0.25, -0.2) is 4.79 Å². The Bertz CT molecular complexity index is 667. The Hall–Kier alpha value is -2.77. The van der Waals surface area contributed by atoms with Crippen molar-refractivity contribution >= 4 is 29.6 Å². The fourth-order valence-corrected chi connectivity index (χ4v) is 2.42. The first-order valence-corrected chi connectivity index (χ1v) is 9.72. The molecule has 0 saturated carbocycles. The van der Waals surface area contributed by atoms with E-state index in [-0.39, 0.29) is 18.8 Å². The summed E-state index contributed by atoms with van der Waals surface area (Å²) in [6, 6.07) is -5.53. The molecule has 0 bridgehead atoms. The van der Waals surface area contributed by atoms with E-state index in [0.29, 0.717) is 0 Å². The van der Waals surface area contributed by atoms with Crippen LogP contribution in [-0.2, 0) is 24.0 Å². The number of amides is 4. The van der Waals surface area contributed by atoms with E-state index in [1.165, 1.54) is 6.92 Å². The Morgan fingerprint density at radius 2 is 1.29 bits per heavy atom. The molecule has 0 radical (unpaired) electrons. The van der Waals surface area contributed by atoms with Crippen LogP contribution in [0.4, 0.5) is 0 Å². The van der Waals surface area contributed by atoms with Crippen LogP contribution in [0.2, 0.25) is 0 Å². The predicted molar refractivity (Wildman–Crippen MR) is 108 cm³/mol. The summed E-state index contributed by atoms with van der Waals surface area (Å²) in [6.45, 7) is 5.70. The molecule has 0 aliphatic rings. The third-order valence-electron chi connectivity index (χ3n) is 4.44. The molecular weight excluding hydrogens is 414 g/mol. The second-order valence-corrected chi connectivity index (χ2v) is 7.63. The van der Waals surface area contributed by atoms with E-state index >= 15 is 0 Å². The molecule has 0 heterocycles. The van der Waals surface area contributed by atoms with Crippen LogP contribution < -0.4 is 27.4 Å². The van der Waals surface area contributed by atoms with E-state index in [1.807, 2.05) is 5.32 Å². The van der Waals surface area contributed by atoms with Crippen LogP contribution in [0.1, 0.15) is 40.5 Å². The summed E-state index contributed by atoms with van der Waals surface area (Å²) in [4.78, 5) is 59.6. The fourth-order valence-electron chi connectivity index (χ4n) is 2.42. The summed E-state index contributed by atoms with van der Waals surface area (Å²) in [5, 5.41) is 35.1. The van der Waals surface area contributed by atoms with Crippen molar-refractivity contribution in [3.63, 3.8) is 0 Å². The van der Waals surface area contributed by atoms with Gasteiger partial charge in [0.15, 0.2) is 6.04 Å². The topological polar surface area (TPSA) is 234 Å². The van der Waals surface area contributed by atoms with Gasteiger partial charge in [-0.2, -0.15) is 0 Å². The molecule has 0 aromatic carbocycles. The van der Waals surface area contributed by atoms with Crippen molar-refractivity contribution in [2.75, 3.05) is 0 Å². The van der Waals surface area contributed by atoms with Gasteiger partial charge in [-0.05, 0) is 26.2 Å². The van der Waals surface area contributed by atoms with E-state index in [4.69, 9.17) is 16.6 Å². The Morgan fingerprint density at radius 3 is 1.68 bits per heavy atom. The normalized spacial score (nSPS) is 16.9. The summed E-state index contributed by atoms with van der Waals surface area (Å²) in [6.07, 6.45) is -3.37. The number of aliphatic hydroxyl groups is 2. The Kier molecular flexibility index (Phi) is 11.7. The van der Waals surface area contributed by atoms with Crippen molar-refractivity contribution in [1.82, 2.24) is 16.0 Å². The summed E-state index contributed by atoms with van der Waals surface area (Å²) in [5.41, 5.74) is 10.9. The Labute approximate surface area is 179 Å². The Balaban J connectivity index is 5.49. The van der Waals surface area contributed by atoms with E-state index in [0.717, 1.165) is 6.92 Å². The molecule has 0 aromatic heterocycles. The minimum absolute atomic E-state index is 0.197. The molecule has 0 aromatic rings. The van der Waals surface area contributed by atoms with E-state index in [9.17, 15) is 34.2 Å². The summed E-state index contributed by atoms with van der Waals surface area (Å²) in [7, 11) is 0. The predicted octanol–water partition coefficient (Wildman–Crippen LogP) is -3.46. The van der Waals surface area contributed by atoms with Gasteiger partial charge in [0.05, 0.1) is 18.2 Å². The van der Waals surface area contributed by atoms with Gasteiger partial charge < -0.3 is 42.7 Å². The quantitative estimate of drug-likeness (QED) is 0.140. The number of hydrogen-bond donors (Lipinski definition) is 8. The van der Waals surface area contributed by atoms with E-state index in [1.54, 1.807) is 13.8 Å². The molecule has 13 nitrogen and oxygen atoms in total. The standard InChI is InChI=1S/C18H33N5O8/c1-7(2)12(20)16(28)21-10(5-6-11(19)26)15(27)22-13(8(3)24)17(29)23-14(9(4)25)18(30)31/h7-10,12-14,24-25H,5-6,20H2,1-4H3,(H2,19,26)(H,21,28)(H,22,27)(H,23,29)(H,30,31). The smallest absolute Gasteiger partial charge is 0.328 e. The van der Waals surface area contributed by atoms with Crippen LogP contribution in [-0.4, -0.2) is 81.3 Å². The highest BCUT2D eigenvalue weighted by atomic mass is 16.4. The lowest BCUT2D eigenvalue weighted by molar-refractivity contribution is -0.146. The van der Waals surface area contributed by atoms with Crippen molar-refractivity contribution in [2.24, 2.45) is 17.4 Å². The lowest BCUT2D eigenvalue weighted by atomic mass is 10.0. The molecule has 0 aliphatic carbocycles. The molecule has 0 aliphatic heterocycles. The number of aliphatic hydroxyl groups excluding tert-OH is 2. The number of nitrogens with one attached hydrogen (secondary N) is 3. The highest BCUT2D eigenvalue weighted by molar-refractivity contribution is 5.94. The number of nitrogens with two attached hydrogens (primary N) is 2. The van der Waals surface area contributed by atoms with Crippen LogP contribution in [0.15, 0.2) is 0 Å². The monoisotopic (exact) mass is 447 g/mol. The molecule has 0 rings (SSSR count). The highest BCUT2D eigenvalue weighted by Gasteiger charge is 2.34. The van der Waals surface area contributed by atoms with E-state index in [2.05, 4.69) is 10.6 Å². The van der Waals surface area contributed by atoms with Gasteiger partial charge in [-0.1, -0.05) is 13.8 Å². The molecule has 0 spiro atoms. The van der Waals surface area contributed by atoms with Crippen molar-refractivity contribution in [3.05, 3.63) is 0 Å². The average molecular weight is 447 g/mol. The third kappa shape index (κ3) is 9.72. The highest BCUT2D eigenvalue weighted by Crippen LogP contribution is 2.05. The van der Waals surface area contributed by atoms with Gasteiger partial charge in [-0.3, -0.25) is 19.2 Å². The molecule has 6 atom stereocenters. The number of aliphatic carboxylic acids is 1. The van der Waals surface area contributed by atoms with Gasteiger partial charge in [0, 0.05) is 6.42 Å². The summed E-state index contributed by atoms with van der Waals surface area (Å²) < 4.78 is 0. The van der Waals surface area contributed by atoms with Crippen molar-refractivity contribution in [2.45, 2.75) is 76.9 Å². The summed E-state index contributed by atoms with van der Waals surface area (Å²) in [5.74, 6) is -5.16. The third-order valence-corrected chi connectivity index (χ3v) is 4.44. The number of carboxylic acid groups (broad SMARTS) is 1. The number of carbonyl (C=O) groups is 5. The molecule has 13 heteroatoms. The van der Waals surface area contributed by atoms with Gasteiger partial charge in [-0.15, -0.1) is 0 Å². The SMILES string of the molecule is CC(C)C(N)C(=O)NC(CCC(N)=O)C(=O)NC(C(=O)NC(C(=O)O)C(C)O)C(C)O. The van der Waals surface area contributed by atoms with Crippen molar-refractivity contribution in [3.8, 4) is 0 Å². The molecule has 31 heavy (non-hydrogen) atoms. The molecule has 4 amide bonds. The van der Waals surface area contributed by atoms with Gasteiger partial charge in [0.25, 0.3) is 0 Å². The van der Waals surface area contributed by atoms with Gasteiger partial charge >= 0.3 is 5.97 Å². The van der Waals surface area contributed by atoms with Crippen molar-refractivity contribution in [1.29, 1.82) is 0 Å². The number of primary amides is 1. The maximum Gasteiger partial charge on any atom is 0.328 e. The molecule has 10 N–H and O–H groups in total. The second-order valence-electron chi connectivity index (χ2n) is 7.63. The average Bonchev–Trinajstić information content (AvgIpc) is 2.64. The Morgan fingerprint density at radius 1 is 0.806 bits per heavy atom. The first-order valence-electron chi connectivity index (χ1n) is 9.72. The maximum absolute atomic E-state index is 12.7. The maximum atomic E-state index is 12.7. The lowest BCUT2D eigenvalue weighted by Crippen LogP contribution is -2.61. The number of rotatable bonds is 13. The number of hydrogen-bond acceptors (Lipinski definition) is 8. The van der Waals surface area contributed by atoms with Crippen molar-refractivity contribution < 1.29 is 39.3 Å².